The summed E-state index contributed by atoms with van der Waals surface area (Å²) in [7, 11) is 0. The van der Waals surface area contributed by atoms with Crippen molar-refractivity contribution in [2.75, 3.05) is 17.2 Å². The van der Waals surface area contributed by atoms with Crippen LogP contribution in [0.5, 0.6) is 0 Å². The maximum absolute atomic E-state index is 12.1. The quantitative estimate of drug-likeness (QED) is 0.683. The average Bonchev–Trinajstić information content (AvgIpc) is 2.52. The third kappa shape index (κ3) is 4.15. The van der Waals surface area contributed by atoms with E-state index in [9.17, 15) is 4.79 Å². The fourth-order valence-electron chi connectivity index (χ4n) is 2.31. The van der Waals surface area contributed by atoms with Gasteiger partial charge in [-0.1, -0.05) is 53.5 Å². The lowest BCUT2D eigenvalue weighted by Crippen LogP contribution is -2.21. The Balaban J connectivity index is 1.64. The predicted octanol–water partition coefficient (Wildman–Crippen LogP) is 5.20. The molecule has 3 aromatic carbocycles. The minimum Gasteiger partial charge on any atom is -0.376 e. The van der Waals surface area contributed by atoms with Crippen molar-refractivity contribution in [3.05, 3.63) is 70.7 Å². The standard InChI is InChI=1S/C18H14Cl2N2O/c19-14-8-15(20)10-17(9-14)21-11-18(23)22-16-6-5-12-3-1-2-4-13(12)7-16/h1-10,21H,11H2,(H,22,23). The number of hydrogen-bond donors (Lipinski definition) is 2. The Hall–Kier alpha value is -2.23. The van der Waals surface area contributed by atoms with Crippen molar-refractivity contribution in [1.29, 1.82) is 0 Å². The first kappa shape index (κ1) is 15.7. The van der Waals surface area contributed by atoms with Crippen LogP contribution in [0.15, 0.2) is 60.7 Å². The number of hydrogen-bond acceptors (Lipinski definition) is 2. The molecular formula is C18H14Cl2N2O. The second-order valence-corrected chi connectivity index (χ2v) is 5.99. The van der Waals surface area contributed by atoms with Crippen LogP contribution in [0.3, 0.4) is 0 Å². The molecule has 3 aromatic rings. The Labute approximate surface area is 144 Å². The Bertz CT molecular complexity index is 844. The van der Waals surface area contributed by atoms with Crippen LogP contribution >= 0.6 is 23.2 Å². The fourth-order valence-corrected chi connectivity index (χ4v) is 2.84. The zero-order valence-electron chi connectivity index (χ0n) is 12.1. The number of rotatable bonds is 4. The van der Waals surface area contributed by atoms with Crippen LogP contribution in [-0.2, 0) is 4.79 Å². The highest BCUT2D eigenvalue weighted by molar-refractivity contribution is 6.35. The highest BCUT2D eigenvalue weighted by Crippen LogP contribution is 2.22. The molecule has 0 aromatic heterocycles. The van der Waals surface area contributed by atoms with Gasteiger partial charge in [0.2, 0.25) is 5.91 Å². The SMILES string of the molecule is O=C(CNc1cc(Cl)cc(Cl)c1)Nc1ccc2ccccc2c1. The second kappa shape index (κ2) is 6.90. The number of carbonyl (C=O) groups is 1. The first-order valence-corrected chi connectivity index (χ1v) is 7.84. The van der Waals surface area contributed by atoms with Gasteiger partial charge in [-0.25, -0.2) is 0 Å². The predicted molar refractivity (Wildman–Crippen MR) is 97.5 cm³/mol. The smallest absolute Gasteiger partial charge is 0.243 e. The van der Waals surface area contributed by atoms with Gasteiger partial charge < -0.3 is 10.6 Å². The molecule has 0 saturated heterocycles. The van der Waals surface area contributed by atoms with Crippen LogP contribution in [0.1, 0.15) is 0 Å². The zero-order valence-corrected chi connectivity index (χ0v) is 13.7. The van der Waals surface area contributed by atoms with E-state index in [1.54, 1.807) is 18.2 Å². The minimum absolute atomic E-state index is 0.128. The van der Waals surface area contributed by atoms with Crippen LogP contribution in [0.25, 0.3) is 10.8 Å². The van der Waals surface area contributed by atoms with Gasteiger partial charge in [0, 0.05) is 21.4 Å². The van der Waals surface area contributed by atoms with E-state index in [-0.39, 0.29) is 12.5 Å². The summed E-state index contributed by atoms with van der Waals surface area (Å²) < 4.78 is 0. The van der Waals surface area contributed by atoms with Crippen molar-refractivity contribution >= 4 is 51.3 Å². The van der Waals surface area contributed by atoms with Crippen molar-refractivity contribution in [3.63, 3.8) is 0 Å². The molecule has 2 N–H and O–H groups in total. The van der Waals surface area contributed by atoms with Gasteiger partial charge in [-0.3, -0.25) is 4.79 Å². The van der Waals surface area contributed by atoms with Crippen LogP contribution in [-0.4, -0.2) is 12.5 Å². The molecular weight excluding hydrogens is 331 g/mol. The summed E-state index contributed by atoms with van der Waals surface area (Å²) in [5.74, 6) is -0.142. The summed E-state index contributed by atoms with van der Waals surface area (Å²) >= 11 is 11.9. The first-order chi connectivity index (χ1) is 11.1. The number of anilines is 2. The lowest BCUT2D eigenvalue weighted by Gasteiger charge is -2.09. The first-order valence-electron chi connectivity index (χ1n) is 7.09. The molecule has 0 fully saturated rings. The average molecular weight is 345 g/mol. The zero-order chi connectivity index (χ0) is 16.2. The van der Waals surface area contributed by atoms with Gasteiger partial charge in [-0.15, -0.1) is 0 Å². The minimum atomic E-state index is -0.142. The van der Waals surface area contributed by atoms with Gasteiger partial charge in [-0.05, 0) is 41.1 Å². The summed E-state index contributed by atoms with van der Waals surface area (Å²) in [6, 6.07) is 18.9. The lowest BCUT2D eigenvalue weighted by atomic mass is 10.1. The molecule has 0 saturated carbocycles. The summed E-state index contributed by atoms with van der Waals surface area (Å²) in [4.78, 5) is 12.1. The van der Waals surface area contributed by atoms with Crippen molar-refractivity contribution < 1.29 is 4.79 Å². The van der Waals surface area contributed by atoms with Gasteiger partial charge in [0.15, 0.2) is 0 Å². The van der Waals surface area contributed by atoms with E-state index in [2.05, 4.69) is 10.6 Å². The van der Waals surface area contributed by atoms with Gasteiger partial charge in [-0.2, -0.15) is 0 Å². The highest BCUT2D eigenvalue weighted by Gasteiger charge is 2.04. The van der Waals surface area contributed by atoms with E-state index < -0.39 is 0 Å². The molecule has 23 heavy (non-hydrogen) atoms. The van der Waals surface area contributed by atoms with Gasteiger partial charge in [0.25, 0.3) is 0 Å². The molecule has 5 heteroatoms. The fraction of sp³-hybridized carbons (Fsp3) is 0.0556. The maximum atomic E-state index is 12.1. The van der Waals surface area contributed by atoms with E-state index in [0.717, 1.165) is 16.5 Å². The third-order valence-corrected chi connectivity index (χ3v) is 3.79. The molecule has 0 unspecified atom stereocenters. The topological polar surface area (TPSA) is 41.1 Å². The largest absolute Gasteiger partial charge is 0.376 e. The van der Waals surface area contributed by atoms with Crippen molar-refractivity contribution in [3.8, 4) is 0 Å². The Morgan fingerprint density at radius 3 is 2.26 bits per heavy atom. The molecule has 0 aliphatic heterocycles. The summed E-state index contributed by atoms with van der Waals surface area (Å²) in [6.45, 7) is 0.128. The third-order valence-electron chi connectivity index (χ3n) is 3.35. The van der Waals surface area contributed by atoms with Crippen molar-refractivity contribution in [1.82, 2.24) is 0 Å². The molecule has 0 bridgehead atoms. The molecule has 0 aliphatic carbocycles. The van der Waals surface area contributed by atoms with Crippen LogP contribution in [0.4, 0.5) is 11.4 Å². The number of nitrogens with one attached hydrogen (secondary N) is 2. The van der Waals surface area contributed by atoms with E-state index in [1.807, 2.05) is 42.5 Å². The maximum Gasteiger partial charge on any atom is 0.243 e. The van der Waals surface area contributed by atoms with Gasteiger partial charge >= 0.3 is 0 Å². The Kier molecular flexibility index (Phi) is 4.70. The van der Waals surface area contributed by atoms with Crippen LogP contribution in [0, 0.1) is 0 Å². The lowest BCUT2D eigenvalue weighted by molar-refractivity contribution is -0.114. The normalized spacial score (nSPS) is 10.5. The molecule has 1 amide bonds. The van der Waals surface area contributed by atoms with Crippen LogP contribution in [0.2, 0.25) is 10.0 Å². The number of fused-ring (bicyclic) bond motifs is 1. The van der Waals surface area contributed by atoms with E-state index in [4.69, 9.17) is 23.2 Å². The molecule has 0 aliphatic rings. The van der Waals surface area contributed by atoms with E-state index >= 15 is 0 Å². The second-order valence-electron chi connectivity index (χ2n) is 5.12. The number of amides is 1. The summed E-state index contributed by atoms with van der Waals surface area (Å²) in [6.07, 6.45) is 0. The molecule has 0 spiro atoms. The van der Waals surface area contributed by atoms with Gasteiger partial charge in [0.1, 0.15) is 0 Å². The molecule has 0 radical (unpaired) electrons. The van der Waals surface area contributed by atoms with Crippen LogP contribution < -0.4 is 10.6 Å². The monoisotopic (exact) mass is 344 g/mol. The van der Waals surface area contributed by atoms with Crippen molar-refractivity contribution in [2.45, 2.75) is 0 Å². The Morgan fingerprint density at radius 2 is 1.52 bits per heavy atom. The van der Waals surface area contributed by atoms with E-state index in [1.165, 1.54) is 0 Å². The number of carbonyl (C=O) groups excluding carboxylic acids is 1. The summed E-state index contributed by atoms with van der Waals surface area (Å²) in [5.41, 5.74) is 1.47. The van der Waals surface area contributed by atoms with Gasteiger partial charge in [0.05, 0.1) is 6.54 Å². The number of benzene rings is 3. The number of halogens is 2. The molecule has 3 nitrogen and oxygen atoms in total. The molecule has 0 atom stereocenters. The van der Waals surface area contributed by atoms with Crippen molar-refractivity contribution in [2.24, 2.45) is 0 Å². The summed E-state index contributed by atoms with van der Waals surface area (Å²) in [5, 5.41) is 9.13. The molecule has 0 heterocycles. The molecule has 116 valence electrons. The highest BCUT2D eigenvalue weighted by atomic mass is 35.5. The Morgan fingerprint density at radius 1 is 0.826 bits per heavy atom. The van der Waals surface area contributed by atoms with E-state index in [0.29, 0.717) is 15.7 Å². The molecule has 3 rings (SSSR count).